The molecule has 1 unspecified atom stereocenters. The second-order valence-corrected chi connectivity index (χ2v) is 4.88. The maximum absolute atomic E-state index is 5.82. The quantitative estimate of drug-likeness (QED) is 0.867. The minimum absolute atomic E-state index is 0.416. The zero-order valence-corrected chi connectivity index (χ0v) is 10.2. The number of methoxy groups -OCH3 is 1. The summed E-state index contributed by atoms with van der Waals surface area (Å²) in [6.45, 7) is 1.12. The third-order valence-corrected chi connectivity index (χ3v) is 3.47. The molecule has 1 saturated heterocycles. The van der Waals surface area contributed by atoms with Crippen LogP contribution in [0, 0.1) is 0 Å². The molecule has 2 aliphatic rings. The van der Waals surface area contributed by atoms with Crippen molar-refractivity contribution in [2.24, 2.45) is 0 Å². The average molecular weight is 233 g/mol. The van der Waals surface area contributed by atoms with Gasteiger partial charge in [0, 0.05) is 6.04 Å². The van der Waals surface area contributed by atoms with Gasteiger partial charge in [0.15, 0.2) is 11.5 Å². The topological polar surface area (TPSA) is 30.5 Å². The summed E-state index contributed by atoms with van der Waals surface area (Å²) in [7, 11) is 1.71. The van der Waals surface area contributed by atoms with Gasteiger partial charge in [-0.2, -0.15) is 0 Å². The fourth-order valence-electron chi connectivity index (χ4n) is 2.33. The lowest BCUT2D eigenvalue weighted by atomic mass is 10.0. The van der Waals surface area contributed by atoms with Crippen molar-refractivity contribution >= 4 is 0 Å². The van der Waals surface area contributed by atoms with E-state index >= 15 is 0 Å². The van der Waals surface area contributed by atoms with Gasteiger partial charge in [-0.1, -0.05) is 6.07 Å². The van der Waals surface area contributed by atoms with Crippen LogP contribution in [0.1, 0.15) is 37.3 Å². The van der Waals surface area contributed by atoms with Crippen LogP contribution in [0.3, 0.4) is 0 Å². The van der Waals surface area contributed by atoms with Crippen molar-refractivity contribution in [3.05, 3.63) is 23.8 Å². The molecule has 1 atom stereocenters. The van der Waals surface area contributed by atoms with Crippen LogP contribution in [0.2, 0.25) is 0 Å². The minimum Gasteiger partial charge on any atom is -0.493 e. The minimum atomic E-state index is 0.416. The van der Waals surface area contributed by atoms with Gasteiger partial charge >= 0.3 is 0 Å². The molecule has 1 N–H and O–H groups in total. The number of hydrogen-bond donors (Lipinski definition) is 1. The highest BCUT2D eigenvalue weighted by Crippen LogP contribution is 2.36. The van der Waals surface area contributed by atoms with Gasteiger partial charge < -0.3 is 14.8 Å². The molecule has 0 radical (unpaired) electrons. The molecule has 92 valence electrons. The summed E-state index contributed by atoms with van der Waals surface area (Å²) in [6.07, 6.45) is 5.24. The molecule has 3 rings (SSSR count). The second kappa shape index (κ2) is 4.57. The monoisotopic (exact) mass is 233 g/mol. The van der Waals surface area contributed by atoms with Crippen molar-refractivity contribution in [3.8, 4) is 11.5 Å². The normalized spacial score (nSPS) is 23.7. The maximum atomic E-state index is 5.82. The Bertz CT molecular complexity index is 395. The lowest BCUT2D eigenvalue weighted by molar-refractivity contribution is 0.282. The van der Waals surface area contributed by atoms with Crippen molar-refractivity contribution in [1.82, 2.24) is 5.32 Å². The number of rotatable bonds is 4. The summed E-state index contributed by atoms with van der Waals surface area (Å²) < 4.78 is 11.2. The van der Waals surface area contributed by atoms with E-state index in [1.165, 1.54) is 31.2 Å². The summed E-state index contributed by atoms with van der Waals surface area (Å²) >= 11 is 0. The van der Waals surface area contributed by atoms with Gasteiger partial charge in [0.2, 0.25) is 0 Å². The van der Waals surface area contributed by atoms with Gasteiger partial charge in [0.05, 0.1) is 13.2 Å². The Morgan fingerprint density at radius 3 is 2.71 bits per heavy atom. The van der Waals surface area contributed by atoms with E-state index in [1.807, 2.05) is 6.07 Å². The first-order chi connectivity index (χ1) is 8.36. The largest absolute Gasteiger partial charge is 0.493 e. The Hall–Kier alpha value is -1.22. The molecule has 1 aliphatic carbocycles. The smallest absolute Gasteiger partial charge is 0.161 e. The van der Waals surface area contributed by atoms with E-state index < -0.39 is 0 Å². The molecule has 1 aromatic rings. The van der Waals surface area contributed by atoms with E-state index in [0.717, 1.165) is 18.0 Å². The molecule has 1 saturated carbocycles. The van der Waals surface area contributed by atoms with Gasteiger partial charge in [-0.05, 0) is 49.9 Å². The van der Waals surface area contributed by atoms with Crippen LogP contribution in [0.5, 0.6) is 11.5 Å². The van der Waals surface area contributed by atoms with Crippen molar-refractivity contribution in [2.75, 3.05) is 13.7 Å². The van der Waals surface area contributed by atoms with Crippen LogP contribution in [-0.2, 0) is 0 Å². The summed E-state index contributed by atoms with van der Waals surface area (Å²) in [5.41, 5.74) is 1.31. The molecule has 0 spiro atoms. The Morgan fingerprint density at radius 2 is 2.06 bits per heavy atom. The van der Waals surface area contributed by atoms with Crippen molar-refractivity contribution in [2.45, 2.75) is 37.8 Å². The van der Waals surface area contributed by atoms with Crippen LogP contribution < -0.4 is 14.8 Å². The molecule has 3 heteroatoms. The van der Waals surface area contributed by atoms with Crippen molar-refractivity contribution in [1.29, 1.82) is 0 Å². The zero-order valence-electron chi connectivity index (χ0n) is 10.2. The van der Waals surface area contributed by atoms with Crippen LogP contribution in [-0.4, -0.2) is 19.8 Å². The predicted molar refractivity (Wildman–Crippen MR) is 66.6 cm³/mol. The van der Waals surface area contributed by atoms with E-state index in [-0.39, 0.29) is 0 Å². The lowest BCUT2D eigenvalue weighted by Crippen LogP contribution is -2.13. The van der Waals surface area contributed by atoms with Crippen molar-refractivity contribution < 1.29 is 9.47 Å². The van der Waals surface area contributed by atoms with Crippen LogP contribution in [0.15, 0.2) is 18.2 Å². The summed E-state index contributed by atoms with van der Waals surface area (Å²) in [5, 5.41) is 3.50. The highest BCUT2D eigenvalue weighted by Gasteiger charge is 2.25. The molecular formula is C14H19NO2. The van der Waals surface area contributed by atoms with E-state index in [9.17, 15) is 0 Å². The SMILES string of the molecule is COc1cc(C2CCCN2)ccc1OC1CC1. The Kier molecular flexibility index (Phi) is 2.93. The number of ether oxygens (including phenoxy) is 2. The van der Waals surface area contributed by atoms with Crippen LogP contribution in [0.4, 0.5) is 0 Å². The first kappa shape index (κ1) is 10.9. The fraction of sp³-hybridized carbons (Fsp3) is 0.571. The molecule has 2 fully saturated rings. The van der Waals surface area contributed by atoms with E-state index in [0.29, 0.717) is 12.1 Å². The average Bonchev–Trinajstić information content (AvgIpc) is 3.01. The highest BCUT2D eigenvalue weighted by atomic mass is 16.5. The van der Waals surface area contributed by atoms with Gasteiger partial charge in [0.25, 0.3) is 0 Å². The van der Waals surface area contributed by atoms with E-state index in [2.05, 4.69) is 17.4 Å². The van der Waals surface area contributed by atoms with Gasteiger partial charge in [-0.3, -0.25) is 0 Å². The maximum Gasteiger partial charge on any atom is 0.161 e. The van der Waals surface area contributed by atoms with E-state index in [1.54, 1.807) is 7.11 Å². The molecular weight excluding hydrogens is 214 g/mol. The third kappa shape index (κ3) is 2.39. The number of benzene rings is 1. The van der Waals surface area contributed by atoms with Crippen molar-refractivity contribution in [3.63, 3.8) is 0 Å². The number of hydrogen-bond acceptors (Lipinski definition) is 3. The molecule has 17 heavy (non-hydrogen) atoms. The van der Waals surface area contributed by atoms with Crippen LogP contribution in [0.25, 0.3) is 0 Å². The van der Waals surface area contributed by atoms with Crippen LogP contribution >= 0.6 is 0 Å². The highest BCUT2D eigenvalue weighted by molar-refractivity contribution is 5.44. The zero-order chi connectivity index (χ0) is 11.7. The number of nitrogens with one attached hydrogen (secondary N) is 1. The Balaban J connectivity index is 1.81. The summed E-state index contributed by atoms with van der Waals surface area (Å²) in [6, 6.07) is 6.80. The van der Waals surface area contributed by atoms with Gasteiger partial charge in [-0.25, -0.2) is 0 Å². The molecule has 0 aromatic heterocycles. The third-order valence-electron chi connectivity index (χ3n) is 3.47. The fourth-order valence-corrected chi connectivity index (χ4v) is 2.33. The van der Waals surface area contributed by atoms with E-state index in [4.69, 9.17) is 9.47 Å². The second-order valence-electron chi connectivity index (χ2n) is 4.88. The lowest BCUT2D eigenvalue weighted by Gasteiger charge is -2.15. The molecule has 1 heterocycles. The Labute approximate surface area is 102 Å². The predicted octanol–water partition coefficient (Wildman–Crippen LogP) is 2.66. The summed E-state index contributed by atoms with van der Waals surface area (Å²) in [5.74, 6) is 1.75. The Morgan fingerprint density at radius 1 is 1.18 bits per heavy atom. The first-order valence-electron chi connectivity index (χ1n) is 6.45. The summed E-state index contributed by atoms with van der Waals surface area (Å²) in [4.78, 5) is 0. The molecule has 0 amide bonds. The first-order valence-corrected chi connectivity index (χ1v) is 6.45. The molecule has 1 aromatic carbocycles. The molecule has 3 nitrogen and oxygen atoms in total. The standard InChI is InChI=1S/C14H19NO2/c1-16-14-9-10(12-3-2-8-15-12)4-7-13(14)17-11-5-6-11/h4,7,9,11-12,15H,2-3,5-6,8H2,1H3. The molecule has 0 bridgehead atoms. The molecule has 1 aliphatic heterocycles. The van der Waals surface area contributed by atoms with Gasteiger partial charge in [0.1, 0.15) is 0 Å². The van der Waals surface area contributed by atoms with Gasteiger partial charge in [-0.15, -0.1) is 0 Å².